The van der Waals surface area contributed by atoms with Crippen molar-refractivity contribution < 1.29 is 13.2 Å². The zero-order valence-corrected chi connectivity index (χ0v) is 10.5. The standard InChI is InChI=1S/C14H10F3N3/c1-9-12(3-2-6-19-9)20-13-7-11(14(15,16)17)5-4-10(13)8-18/h2-7,20H,1H3. The number of aromatic nitrogens is 1. The summed E-state index contributed by atoms with van der Waals surface area (Å²) in [5.74, 6) is 0. The Morgan fingerprint density at radius 2 is 1.95 bits per heavy atom. The smallest absolute Gasteiger partial charge is 0.353 e. The molecule has 0 atom stereocenters. The Morgan fingerprint density at radius 3 is 2.55 bits per heavy atom. The lowest BCUT2D eigenvalue weighted by molar-refractivity contribution is -0.137. The Labute approximate surface area is 113 Å². The van der Waals surface area contributed by atoms with Crippen molar-refractivity contribution in [3.63, 3.8) is 0 Å². The first-order chi connectivity index (χ1) is 9.41. The van der Waals surface area contributed by atoms with E-state index in [4.69, 9.17) is 5.26 Å². The normalized spacial score (nSPS) is 10.9. The third kappa shape index (κ3) is 2.88. The fourth-order valence-corrected chi connectivity index (χ4v) is 1.68. The second-order valence-electron chi connectivity index (χ2n) is 4.13. The summed E-state index contributed by atoms with van der Waals surface area (Å²) in [6.07, 6.45) is -2.87. The molecule has 0 unspecified atom stereocenters. The summed E-state index contributed by atoms with van der Waals surface area (Å²) in [5.41, 5.74) is 0.636. The fraction of sp³-hybridized carbons (Fsp3) is 0.143. The Balaban J connectivity index is 2.45. The average Bonchev–Trinajstić information content (AvgIpc) is 2.40. The highest BCUT2D eigenvalue weighted by molar-refractivity contribution is 5.68. The molecule has 3 nitrogen and oxygen atoms in total. The summed E-state index contributed by atoms with van der Waals surface area (Å²) < 4.78 is 38.1. The van der Waals surface area contributed by atoms with Gasteiger partial charge in [0, 0.05) is 6.20 Å². The first kappa shape index (κ1) is 13.9. The molecule has 2 rings (SSSR count). The second kappa shape index (κ2) is 5.21. The summed E-state index contributed by atoms with van der Waals surface area (Å²) >= 11 is 0. The molecule has 0 aliphatic heterocycles. The van der Waals surface area contributed by atoms with Crippen LogP contribution in [0.25, 0.3) is 0 Å². The van der Waals surface area contributed by atoms with Gasteiger partial charge in [-0.25, -0.2) is 0 Å². The van der Waals surface area contributed by atoms with Crippen molar-refractivity contribution in [1.82, 2.24) is 4.98 Å². The molecule has 6 heteroatoms. The van der Waals surface area contributed by atoms with Gasteiger partial charge < -0.3 is 5.32 Å². The van der Waals surface area contributed by atoms with E-state index in [-0.39, 0.29) is 11.3 Å². The third-order valence-electron chi connectivity index (χ3n) is 2.74. The molecule has 102 valence electrons. The predicted octanol–water partition coefficient (Wildman–Crippen LogP) is 4.02. The molecule has 1 N–H and O–H groups in total. The predicted molar refractivity (Wildman–Crippen MR) is 68.4 cm³/mol. The summed E-state index contributed by atoms with van der Waals surface area (Å²) in [6, 6.07) is 8.17. The number of nitriles is 1. The van der Waals surface area contributed by atoms with Gasteiger partial charge in [0.25, 0.3) is 0 Å². The van der Waals surface area contributed by atoms with Crippen LogP contribution in [-0.2, 0) is 6.18 Å². The van der Waals surface area contributed by atoms with Gasteiger partial charge in [-0.2, -0.15) is 18.4 Å². The van der Waals surface area contributed by atoms with E-state index >= 15 is 0 Å². The number of aryl methyl sites for hydroxylation is 1. The van der Waals surface area contributed by atoms with E-state index in [9.17, 15) is 13.2 Å². The number of halogens is 3. The van der Waals surface area contributed by atoms with Crippen LogP contribution in [0, 0.1) is 18.3 Å². The molecular weight excluding hydrogens is 267 g/mol. The Morgan fingerprint density at radius 1 is 1.20 bits per heavy atom. The monoisotopic (exact) mass is 277 g/mol. The molecule has 0 saturated heterocycles. The maximum absolute atomic E-state index is 12.7. The van der Waals surface area contributed by atoms with Crippen molar-refractivity contribution in [3.05, 3.63) is 53.3 Å². The highest BCUT2D eigenvalue weighted by Gasteiger charge is 2.31. The van der Waals surface area contributed by atoms with Gasteiger partial charge in [0.2, 0.25) is 0 Å². The molecule has 1 aromatic carbocycles. The van der Waals surface area contributed by atoms with Crippen LogP contribution in [0.5, 0.6) is 0 Å². The molecule has 0 fully saturated rings. The van der Waals surface area contributed by atoms with Gasteiger partial charge in [0.05, 0.1) is 28.2 Å². The molecular formula is C14H10F3N3. The first-order valence-corrected chi connectivity index (χ1v) is 5.72. The molecule has 20 heavy (non-hydrogen) atoms. The zero-order valence-electron chi connectivity index (χ0n) is 10.5. The molecule has 2 aromatic rings. The fourth-order valence-electron chi connectivity index (χ4n) is 1.68. The number of benzene rings is 1. The number of hydrogen-bond acceptors (Lipinski definition) is 3. The molecule has 0 radical (unpaired) electrons. The number of alkyl halides is 3. The van der Waals surface area contributed by atoms with Crippen molar-refractivity contribution in [2.24, 2.45) is 0 Å². The van der Waals surface area contributed by atoms with E-state index in [0.29, 0.717) is 11.4 Å². The maximum Gasteiger partial charge on any atom is 0.416 e. The molecule has 0 aliphatic rings. The van der Waals surface area contributed by atoms with Crippen molar-refractivity contribution in [3.8, 4) is 6.07 Å². The van der Waals surface area contributed by atoms with Crippen LogP contribution in [0.2, 0.25) is 0 Å². The summed E-state index contributed by atoms with van der Waals surface area (Å²) in [5, 5.41) is 11.8. The van der Waals surface area contributed by atoms with Crippen LogP contribution in [0.4, 0.5) is 24.5 Å². The topological polar surface area (TPSA) is 48.7 Å². The summed E-state index contributed by atoms with van der Waals surface area (Å²) in [6.45, 7) is 1.72. The van der Waals surface area contributed by atoms with E-state index in [2.05, 4.69) is 10.3 Å². The van der Waals surface area contributed by atoms with Crippen LogP contribution in [0.3, 0.4) is 0 Å². The minimum absolute atomic E-state index is 0.110. The Hall–Kier alpha value is -2.55. The third-order valence-corrected chi connectivity index (χ3v) is 2.74. The number of nitrogens with zero attached hydrogens (tertiary/aromatic N) is 2. The van der Waals surface area contributed by atoms with Gasteiger partial charge in [-0.1, -0.05) is 0 Å². The molecule has 0 bridgehead atoms. The maximum atomic E-state index is 12.7. The average molecular weight is 277 g/mol. The highest BCUT2D eigenvalue weighted by Crippen LogP contribution is 2.33. The van der Waals surface area contributed by atoms with Gasteiger partial charge in [-0.15, -0.1) is 0 Å². The van der Waals surface area contributed by atoms with Crippen LogP contribution < -0.4 is 5.32 Å². The quantitative estimate of drug-likeness (QED) is 0.901. The number of nitrogens with one attached hydrogen (secondary N) is 1. The minimum Gasteiger partial charge on any atom is -0.353 e. The molecule has 1 heterocycles. The van der Waals surface area contributed by atoms with Crippen molar-refractivity contribution >= 4 is 11.4 Å². The van der Waals surface area contributed by atoms with Crippen LogP contribution >= 0.6 is 0 Å². The summed E-state index contributed by atoms with van der Waals surface area (Å²) in [7, 11) is 0. The Kier molecular flexibility index (Phi) is 3.61. The second-order valence-corrected chi connectivity index (χ2v) is 4.13. The summed E-state index contributed by atoms with van der Waals surface area (Å²) in [4.78, 5) is 4.03. The number of pyridine rings is 1. The van der Waals surface area contributed by atoms with Gasteiger partial charge in [-0.05, 0) is 37.3 Å². The van der Waals surface area contributed by atoms with Crippen LogP contribution in [0.1, 0.15) is 16.8 Å². The Bertz CT molecular complexity index is 672. The van der Waals surface area contributed by atoms with E-state index in [1.165, 1.54) is 0 Å². The lowest BCUT2D eigenvalue weighted by atomic mass is 10.1. The van der Waals surface area contributed by atoms with Crippen molar-refractivity contribution in [2.75, 3.05) is 5.32 Å². The van der Waals surface area contributed by atoms with E-state index < -0.39 is 11.7 Å². The van der Waals surface area contributed by atoms with Gasteiger partial charge >= 0.3 is 6.18 Å². The molecule has 0 spiro atoms. The van der Waals surface area contributed by atoms with Crippen molar-refractivity contribution in [2.45, 2.75) is 13.1 Å². The first-order valence-electron chi connectivity index (χ1n) is 5.72. The molecule has 0 saturated carbocycles. The van der Waals surface area contributed by atoms with Crippen molar-refractivity contribution in [1.29, 1.82) is 5.26 Å². The van der Waals surface area contributed by atoms with Gasteiger partial charge in [0.15, 0.2) is 0 Å². The van der Waals surface area contributed by atoms with Crippen LogP contribution in [-0.4, -0.2) is 4.98 Å². The largest absolute Gasteiger partial charge is 0.416 e. The SMILES string of the molecule is Cc1ncccc1Nc1cc(C(F)(F)F)ccc1C#N. The van der Waals surface area contributed by atoms with E-state index in [1.807, 2.05) is 6.07 Å². The minimum atomic E-state index is -4.45. The zero-order chi connectivity index (χ0) is 14.8. The molecule has 1 aromatic heterocycles. The number of hydrogen-bond donors (Lipinski definition) is 1. The molecule has 0 amide bonds. The lowest BCUT2D eigenvalue weighted by Crippen LogP contribution is -2.06. The number of anilines is 2. The highest BCUT2D eigenvalue weighted by atomic mass is 19.4. The lowest BCUT2D eigenvalue weighted by Gasteiger charge is -2.13. The van der Waals surface area contributed by atoms with E-state index in [0.717, 1.165) is 18.2 Å². The van der Waals surface area contributed by atoms with Gasteiger partial charge in [0.1, 0.15) is 6.07 Å². The van der Waals surface area contributed by atoms with E-state index in [1.54, 1.807) is 25.3 Å². The van der Waals surface area contributed by atoms with Gasteiger partial charge in [-0.3, -0.25) is 4.98 Å². The number of rotatable bonds is 2. The van der Waals surface area contributed by atoms with Crippen LogP contribution in [0.15, 0.2) is 36.5 Å². The molecule has 0 aliphatic carbocycles.